The molecule has 1 amide bonds. The number of nitrogens with zero attached hydrogens (tertiary/aromatic N) is 3. The molecule has 1 atom stereocenters. The van der Waals surface area contributed by atoms with Gasteiger partial charge in [-0.15, -0.1) is 0 Å². The van der Waals surface area contributed by atoms with Crippen molar-refractivity contribution in [3.8, 4) is 0 Å². The molecule has 1 spiro atoms. The summed E-state index contributed by atoms with van der Waals surface area (Å²) >= 11 is 1.41. The van der Waals surface area contributed by atoms with Crippen LogP contribution in [-0.4, -0.2) is 40.9 Å². The summed E-state index contributed by atoms with van der Waals surface area (Å²) in [5, 5.41) is 12.0. The number of amidine groups is 1. The lowest BCUT2D eigenvalue weighted by Gasteiger charge is -2.24. The lowest BCUT2D eigenvalue weighted by molar-refractivity contribution is -0.122. The quantitative estimate of drug-likeness (QED) is 0.763. The Bertz CT molecular complexity index is 918. The van der Waals surface area contributed by atoms with Crippen LogP contribution in [0.4, 0.5) is 11.4 Å². The van der Waals surface area contributed by atoms with Crippen LogP contribution in [0, 0.1) is 5.92 Å². The summed E-state index contributed by atoms with van der Waals surface area (Å²) in [6, 6.07) is 17.6. The number of fused-ring (bicyclic) bond motifs is 2. The first kappa shape index (κ1) is 19.9. The molecule has 2 heterocycles. The molecule has 0 aliphatic carbocycles. The fraction of sp³-hybridized carbons (Fsp3) is 0.364. The second-order valence-electron chi connectivity index (χ2n) is 7.66. The van der Waals surface area contributed by atoms with Crippen LogP contribution < -0.4 is 10.3 Å². The van der Waals surface area contributed by atoms with Crippen molar-refractivity contribution in [3.63, 3.8) is 0 Å². The second-order valence-corrected chi connectivity index (χ2v) is 8.84. The van der Waals surface area contributed by atoms with Crippen LogP contribution in [0.25, 0.3) is 0 Å². The number of aliphatic hydroxyl groups is 1. The minimum atomic E-state index is -0.948. The number of hydrazine groups is 1. The van der Waals surface area contributed by atoms with Crippen molar-refractivity contribution in [1.29, 1.82) is 0 Å². The standard InChI is InChI=1S/C22H26N4O2S/c1-16(2)12-13-25-19-11-7-6-10-18(19)22(20(25)28)24-26(14-15-27)21(29-22)23-17-8-4-3-5-9-17/h3-11,16,24,27H,12-15H2,1-2H3/t22-/m0/s1. The number of carbonyl (C=O) groups excluding carboxylic acids is 1. The number of aliphatic hydroxyl groups excluding tert-OH is 1. The molecule has 2 N–H and O–H groups in total. The van der Waals surface area contributed by atoms with Gasteiger partial charge >= 0.3 is 0 Å². The maximum atomic E-state index is 13.6. The number of para-hydroxylation sites is 2. The highest BCUT2D eigenvalue weighted by Gasteiger charge is 2.57. The summed E-state index contributed by atoms with van der Waals surface area (Å²) in [5.74, 6) is 0.530. The molecule has 1 fully saturated rings. The monoisotopic (exact) mass is 410 g/mol. The SMILES string of the molecule is CC(C)CCN1C(=O)[C@]2(NN(CCO)C(=Nc3ccccc3)S2)c2ccccc21. The summed E-state index contributed by atoms with van der Waals surface area (Å²) < 4.78 is 0. The van der Waals surface area contributed by atoms with Crippen LogP contribution in [0.1, 0.15) is 25.8 Å². The van der Waals surface area contributed by atoms with Gasteiger partial charge in [-0.05, 0) is 42.3 Å². The average molecular weight is 411 g/mol. The van der Waals surface area contributed by atoms with Gasteiger partial charge < -0.3 is 10.0 Å². The fourth-order valence-electron chi connectivity index (χ4n) is 3.64. The zero-order valence-electron chi connectivity index (χ0n) is 16.7. The summed E-state index contributed by atoms with van der Waals surface area (Å²) in [5.41, 5.74) is 6.08. The number of carbonyl (C=O) groups is 1. The third-order valence-electron chi connectivity index (χ3n) is 5.12. The molecule has 2 aliphatic rings. The smallest absolute Gasteiger partial charge is 0.264 e. The Morgan fingerprint density at radius 2 is 1.83 bits per heavy atom. The normalized spacial score (nSPS) is 22.3. The van der Waals surface area contributed by atoms with E-state index >= 15 is 0 Å². The minimum absolute atomic E-state index is 0.0190. The van der Waals surface area contributed by atoms with Crippen molar-refractivity contribution in [3.05, 3.63) is 60.2 Å². The maximum Gasteiger partial charge on any atom is 0.264 e. The molecular formula is C22H26N4O2S. The van der Waals surface area contributed by atoms with Crippen molar-refractivity contribution in [1.82, 2.24) is 10.4 Å². The Labute approximate surface area is 175 Å². The number of hydrogen-bond donors (Lipinski definition) is 2. The molecule has 4 rings (SSSR count). The van der Waals surface area contributed by atoms with E-state index in [9.17, 15) is 9.90 Å². The number of β-amino-alcohol motifs (C(OH)–C–C–N with tert-alkyl or cyclic N) is 1. The van der Waals surface area contributed by atoms with E-state index < -0.39 is 4.87 Å². The van der Waals surface area contributed by atoms with Crippen molar-refractivity contribution in [2.45, 2.75) is 25.1 Å². The van der Waals surface area contributed by atoms with E-state index in [1.54, 1.807) is 5.01 Å². The van der Waals surface area contributed by atoms with Gasteiger partial charge in [0.1, 0.15) is 0 Å². The number of benzene rings is 2. The number of amides is 1. The van der Waals surface area contributed by atoms with E-state index in [0.717, 1.165) is 23.4 Å². The Morgan fingerprint density at radius 3 is 2.55 bits per heavy atom. The number of aliphatic imine (C=N–C) groups is 1. The molecule has 0 bridgehead atoms. The predicted octanol–water partition coefficient (Wildman–Crippen LogP) is 3.47. The second kappa shape index (κ2) is 8.18. The van der Waals surface area contributed by atoms with Gasteiger partial charge in [-0.25, -0.2) is 10.4 Å². The predicted molar refractivity (Wildman–Crippen MR) is 118 cm³/mol. The maximum absolute atomic E-state index is 13.6. The molecule has 7 heteroatoms. The molecule has 1 saturated heterocycles. The highest BCUT2D eigenvalue weighted by Crippen LogP contribution is 2.51. The molecule has 6 nitrogen and oxygen atoms in total. The van der Waals surface area contributed by atoms with Crippen molar-refractivity contribution in [2.75, 3.05) is 24.6 Å². The summed E-state index contributed by atoms with van der Waals surface area (Å²) in [7, 11) is 0. The highest BCUT2D eigenvalue weighted by atomic mass is 32.2. The van der Waals surface area contributed by atoms with Gasteiger partial charge in [0.25, 0.3) is 5.91 Å². The lowest BCUT2D eigenvalue weighted by Crippen LogP contribution is -2.50. The van der Waals surface area contributed by atoms with Crippen molar-refractivity contribution >= 4 is 34.2 Å². The van der Waals surface area contributed by atoms with E-state index in [-0.39, 0.29) is 12.5 Å². The Kier molecular flexibility index (Phi) is 5.63. The van der Waals surface area contributed by atoms with Crippen molar-refractivity contribution in [2.24, 2.45) is 10.9 Å². The van der Waals surface area contributed by atoms with Gasteiger partial charge in [0.2, 0.25) is 0 Å². The molecule has 2 aliphatic heterocycles. The first-order valence-electron chi connectivity index (χ1n) is 9.95. The molecule has 0 saturated carbocycles. The zero-order valence-corrected chi connectivity index (χ0v) is 17.5. The molecule has 0 radical (unpaired) electrons. The Morgan fingerprint density at radius 1 is 1.10 bits per heavy atom. The van der Waals surface area contributed by atoms with Crippen LogP contribution in [0.3, 0.4) is 0 Å². The highest BCUT2D eigenvalue weighted by molar-refractivity contribution is 8.15. The van der Waals surface area contributed by atoms with Crippen LogP contribution in [0.5, 0.6) is 0 Å². The molecule has 0 aromatic heterocycles. The van der Waals surface area contributed by atoms with E-state index in [1.165, 1.54) is 11.8 Å². The minimum Gasteiger partial charge on any atom is -0.394 e. The first-order valence-corrected chi connectivity index (χ1v) is 10.8. The fourth-order valence-corrected chi connectivity index (χ4v) is 4.95. The van der Waals surface area contributed by atoms with Crippen LogP contribution >= 0.6 is 11.8 Å². The number of anilines is 1. The molecule has 2 aromatic carbocycles. The largest absolute Gasteiger partial charge is 0.394 e. The third kappa shape index (κ3) is 3.66. The van der Waals surface area contributed by atoms with Crippen molar-refractivity contribution < 1.29 is 9.90 Å². The summed E-state index contributed by atoms with van der Waals surface area (Å²) in [6.07, 6.45) is 0.937. The summed E-state index contributed by atoms with van der Waals surface area (Å²) in [6.45, 7) is 5.33. The number of thioether (sulfide) groups is 1. The van der Waals surface area contributed by atoms with Gasteiger partial charge in [0.05, 0.1) is 24.5 Å². The van der Waals surface area contributed by atoms with E-state index in [0.29, 0.717) is 24.2 Å². The Balaban J connectivity index is 1.73. The zero-order chi connectivity index (χ0) is 20.4. The summed E-state index contributed by atoms with van der Waals surface area (Å²) in [4.78, 5) is 19.3. The molecular weight excluding hydrogens is 384 g/mol. The van der Waals surface area contributed by atoms with Gasteiger partial charge in [-0.2, -0.15) is 0 Å². The average Bonchev–Trinajstić information content (AvgIpc) is 3.18. The van der Waals surface area contributed by atoms with E-state index in [4.69, 9.17) is 4.99 Å². The first-order chi connectivity index (χ1) is 14.0. The van der Waals surface area contributed by atoms with Gasteiger partial charge in [-0.1, -0.05) is 50.2 Å². The Hall–Kier alpha value is -2.35. The third-order valence-corrected chi connectivity index (χ3v) is 6.41. The lowest BCUT2D eigenvalue weighted by atomic mass is 10.1. The molecule has 29 heavy (non-hydrogen) atoms. The van der Waals surface area contributed by atoms with Crippen LogP contribution in [-0.2, 0) is 9.67 Å². The van der Waals surface area contributed by atoms with Gasteiger partial charge in [-0.3, -0.25) is 9.80 Å². The van der Waals surface area contributed by atoms with E-state index in [2.05, 4.69) is 19.3 Å². The van der Waals surface area contributed by atoms with Gasteiger partial charge in [0.15, 0.2) is 10.0 Å². The number of nitrogens with one attached hydrogen (secondary N) is 1. The molecule has 0 unspecified atom stereocenters. The molecule has 152 valence electrons. The molecule has 2 aromatic rings. The van der Waals surface area contributed by atoms with Crippen LogP contribution in [0.15, 0.2) is 59.6 Å². The van der Waals surface area contributed by atoms with Gasteiger partial charge in [0, 0.05) is 12.1 Å². The number of hydrogen-bond acceptors (Lipinski definition) is 5. The van der Waals surface area contributed by atoms with E-state index in [1.807, 2.05) is 59.5 Å². The number of rotatable bonds is 6. The topological polar surface area (TPSA) is 68.2 Å². The van der Waals surface area contributed by atoms with Crippen LogP contribution in [0.2, 0.25) is 0 Å².